The third kappa shape index (κ3) is 3.95. The number of anilines is 2. The van der Waals surface area contributed by atoms with Gasteiger partial charge in [0.1, 0.15) is 10.7 Å². The number of thiophene rings is 1. The van der Waals surface area contributed by atoms with E-state index in [1.165, 1.54) is 11.3 Å². The molecule has 2 amide bonds. The predicted molar refractivity (Wildman–Crippen MR) is 116 cm³/mol. The second-order valence-corrected chi connectivity index (χ2v) is 8.30. The molecule has 0 bridgehead atoms. The molecule has 1 atom stereocenters. The normalized spacial score (nSPS) is 17.5. The lowest BCUT2D eigenvalue weighted by Crippen LogP contribution is -2.58. The first-order valence-corrected chi connectivity index (χ1v) is 10.9. The summed E-state index contributed by atoms with van der Waals surface area (Å²) in [5, 5.41) is 9.86. The van der Waals surface area contributed by atoms with Crippen molar-refractivity contribution in [3.8, 4) is 0 Å². The van der Waals surface area contributed by atoms with E-state index in [0.29, 0.717) is 23.7 Å². The molecule has 1 aromatic heterocycles. The molecule has 2 aliphatic rings. The van der Waals surface area contributed by atoms with Gasteiger partial charge in [0.25, 0.3) is 5.91 Å². The molecule has 152 valence electrons. The fourth-order valence-electron chi connectivity index (χ4n) is 3.47. The van der Waals surface area contributed by atoms with Gasteiger partial charge in [0.2, 0.25) is 12.2 Å². The number of amidine groups is 1. The largest absolute Gasteiger partial charge is 0.326 e. The molecule has 0 saturated carbocycles. The van der Waals surface area contributed by atoms with Crippen molar-refractivity contribution in [1.29, 1.82) is 0 Å². The zero-order valence-corrected chi connectivity index (χ0v) is 17.6. The van der Waals surface area contributed by atoms with Gasteiger partial charge in [0, 0.05) is 30.1 Å². The van der Waals surface area contributed by atoms with Gasteiger partial charge in [0.05, 0.1) is 5.69 Å². The van der Waals surface area contributed by atoms with E-state index in [0.717, 1.165) is 29.2 Å². The van der Waals surface area contributed by atoms with Crippen molar-refractivity contribution in [2.75, 3.05) is 16.8 Å². The van der Waals surface area contributed by atoms with Gasteiger partial charge in [-0.1, -0.05) is 24.9 Å². The van der Waals surface area contributed by atoms with Crippen molar-refractivity contribution in [2.24, 2.45) is 5.10 Å². The van der Waals surface area contributed by atoms with Gasteiger partial charge in [-0.2, -0.15) is 5.10 Å². The van der Waals surface area contributed by atoms with Crippen molar-refractivity contribution in [2.45, 2.75) is 38.9 Å². The number of nitrogens with one attached hydrogen (secondary N) is 2. The topological polar surface area (TPSA) is 77.0 Å². The Bertz CT molecular complexity index is 943. The van der Waals surface area contributed by atoms with Crippen LogP contribution in [0.4, 0.5) is 11.4 Å². The van der Waals surface area contributed by atoms with Crippen LogP contribution in [0.15, 0.2) is 40.8 Å². The molecule has 1 aromatic carbocycles. The van der Waals surface area contributed by atoms with E-state index >= 15 is 0 Å². The summed E-state index contributed by atoms with van der Waals surface area (Å²) >= 11 is 7.32. The number of hydrogen-bond donors (Lipinski definition) is 2. The molecule has 0 aliphatic carbocycles. The molecule has 4 rings (SSSR count). The third-order valence-electron chi connectivity index (χ3n) is 4.94. The molecule has 0 fully saturated rings. The zero-order valence-electron chi connectivity index (χ0n) is 16.0. The molecule has 7 nitrogen and oxygen atoms in total. The smallest absolute Gasteiger partial charge is 0.269 e. The average molecular weight is 432 g/mol. The van der Waals surface area contributed by atoms with Gasteiger partial charge in [-0.15, -0.1) is 11.3 Å². The molecule has 2 aromatic rings. The van der Waals surface area contributed by atoms with Gasteiger partial charge >= 0.3 is 0 Å². The molecule has 0 saturated heterocycles. The van der Waals surface area contributed by atoms with Crippen LogP contribution in [-0.2, 0) is 4.79 Å². The fourth-order valence-corrected chi connectivity index (χ4v) is 4.43. The van der Waals surface area contributed by atoms with Crippen molar-refractivity contribution in [3.05, 3.63) is 45.6 Å². The van der Waals surface area contributed by atoms with E-state index in [9.17, 15) is 9.59 Å². The summed E-state index contributed by atoms with van der Waals surface area (Å²) in [4.78, 5) is 29.8. The van der Waals surface area contributed by atoms with Gasteiger partial charge in [-0.25, -0.2) is 0 Å². The second kappa shape index (κ2) is 8.42. The van der Waals surface area contributed by atoms with Gasteiger partial charge in [0.15, 0.2) is 0 Å². The SMILES string of the molecule is CCCCN1C(=O)c2sccc2N2C(CCC(=O)Nc3ccc(Cl)cc3)=NNC12. The second-order valence-electron chi connectivity index (χ2n) is 6.94. The van der Waals surface area contributed by atoms with Crippen LogP contribution in [0.2, 0.25) is 5.02 Å². The van der Waals surface area contributed by atoms with Crippen LogP contribution >= 0.6 is 22.9 Å². The Morgan fingerprint density at radius 2 is 2.10 bits per heavy atom. The highest BCUT2D eigenvalue weighted by Gasteiger charge is 2.43. The minimum absolute atomic E-state index is 0.0362. The fraction of sp³-hybridized carbons (Fsp3) is 0.350. The quantitative estimate of drug-likeness (QED) is 0.692. The number of halogens is 1. The van der Waals surface area contributed by atoms with Crippen molar-refractivity contribution < 1.29 is 9.59 Å². The Hall–Kier alpha value is -2.58. The third-order valence-corrected chi connectivity index (χ3v) is 6.09. The Balaban J connectivity index is 1.44. The van der Waals surface area contributed by atoms with Crippen LogP contribution in [0, 0.1) is 0 Å². The average Bonchev–Trinajstić information content (AvgIpc) is 3.35. The highest BCUT2D eigenvalue weighted by atomic mass is 35.5. The number of amides is 2. The molecule has 3 heterocycles. The number of benzene rings is 1. The van der Waals surface area contributed by atoms with Crippen molar-refractivity contribution >= 4 is 52.0 Å². The number of hydrogen-bond acceptors (Lipinski definition) is 6. The summed E-state index contributed by atoms with van der Waals surface area (Å²) in [5.41, 5.74) is 4.65. The van der Waals surface area contributed by atoms with Crippen LogP contribution in [0.1, 0.15) is 42.3 Å². The molecule has 1 unspecified atom stereocenters. The summed E-state index contributed by atoms with van der Waals surface area (Å²) in [7, 11) is 0. The van der Waals surface area contributed by atoms with Crippen molar-refractivity contribution in [1.82, 2.24) is 10.3 Å². The lowest BCUT2D eigenvalue weighted by atomic mass is 10.2. The minimum atomic E-state index is -0.328. The van der Waals surface area contributed by atoms with Gasteiger partial charge < -0.3 is 5.32 Å². The molecular weight excluding hydrogens is 410 g/mol. The summed E-state index contributed by atoms with van der Waals surface area (Å²) in [6, 6.07) is 8.95. The van der Waals surface area contributed by atoms with Crippen LogP contribution in [0.3, 0.4) is 0 Å². The van der Waals surface area contributed by atoms with E-state index in [4.69, 9.17) is 11.6 Å². The molecule has 0 spiro atoms. The van der Waals surface area contributed by atoms with Crippen LogP contribution in [0.5, 0.6) is 0 Å². The van der Waals surface area contributed by atoms with E-state index in [1.807, 2.05) is 21.2 Å². The standard InChI is InChI=1S/C20H22ClN5O2S/c1-2-3-11-25-19(28)18-15(10-12-29-18)26-16(23-24-20(25)26)8-9-17(27)22-14-6-4-13(21)5-7-14/h4-7,10,12,20,24H,2-3,8-9,11H2,1H3,(H,22,27). The maximum absolute atomic E-state index is 12.9. The Labute approximate surface area is 178 Å². The van der Waals surface area contributed by atoms with E-state index in [-0.39, 0.29) is 24.5 Å². The summed E-state index contributed by atoms with van der Waals surface area (Å²) in [6.45, 7) is 2.77. The molecule has 9 heteroatoms. The summed E-state index contributed by atoms with van der Waals surface area (Å²) in [5.74, 6) is 0.698. The first kappa shape index (κ1) is 19.7. The maximum Gasteiger partial charge on any atom is 0.269 e. The van der Waals surface area contributed by atoms with Gasteiger partial charge in [-0.05, 0) is 42.1 Å². The number of rotatable bonds is 7. The molecule has 2 N–H and O–H groups in total. The molecular formula is C20H22ClN5O2S. The Morgan fingerprint density at radius 1 is 1.31 bits per heavy atom. The maximum atomic E-state index is 12.9. The summed E-state index contributed by atoms with van der Waals surface area (Å²) < 4.78 is 0. The monoisotopic (exact) mass is 431 g/mol. The van der Waals surface area contributed by atoms with Crippen molar-refractivity contribution in [3.63, 3.8) is 0 Å². The highest BCUT2D eigenvalue weighted by Crippen LogP contribution is 2.37. The summed E-state index contributed by atoms with van der Waals surface area (Å²) in [6.07, 6.45) is 2.36. The van der Waals surface area contributed by atoms with Crippen LogP contribution in [-0.4, -0.2) is 35.4 Å². The minimum Gasteiger partial charge on any atom is -0.326 e. The zero-order chi connectivity index (χ0) is 20.4. The lowest BCUT2D eigenvalue weighted by Gasteiger charge is -2.39. The first-order chi connectivity index (χ1) is 14.1. The Kier molecular flexibility index (Phi) is 5.73. The van der Waals surface area contributed by atoms with E-state index in [2.05, 4.69) is 22.8 Å². The number of hydrazone groups is 1. The van der Waals surface area contributed by atoms with Crippen LogP contribution < -0.4 is 15.6 Å². The highest BCUT2D eigenvalue weighted by molar-refractivity contribution is 7.12. The van der Waals surface area contributed by atoms with Crippen LogP contribution in [0.25, 0.3) is 0 Å². The molecule has 2 aliphatic heterocycles. The predicted octanol–water partition coefficient (Wildman–Crippen LogP) is 4.08. The van der Waals surface area contributed by atoms with E-state index in [1.54, 1.807) is 24.3 Å². The van der Waals surface area contributed by atoms with Gasteiger partial charge in [-0.3, -0.25) is 24.8 Å². The molecule has 0 radical (unpaired) electrons. The lowest BCUT2D eigenvalue weighted by molar-refractivity contribution is -0.116. The number of fused-ring (bicyclic) bond motifs is 3. The number of unbranched alkanes of at least 4 members (excludes halogenated alkanes) is 1. The molecule has 29 heavy (non-hydrogen) atoms. The van der Waals surface area contributed by atoms with E-state index < -0.39 is 0 Å². The number of nitrogens with zero attached hydrogens (tertiary/aromatic N) is 3. The number of carbonyl (C=O) groups is 2. The number of carbonyl (C=O) groups excluding carboxylic acids is 2. The first-order valence-electron chi connectivity index (χ1n) is 9.63. The Morgan fingerprint density at radius 3 is 2.86 bits per heavy atom.